The molecule has 2 heterocycles. The second kappa shape index (κ2) is 7.16. The lowest BCUT2D eigenvalue weighted by molar-refractivity contribution is 0.0950. The van der Waals surface area contributed by atoms with Crippen LogP contribution in [-0.2, 0) is 13.1 Å². The van der Waals surface area contributed by atoms with Crippen LogP contribution in [0.4, 0.5) is 0 Å². The molecule has 2 rings (SSSR count). The summed E-state index contributed by atoms with van der Waals surface area (Å²) >= 11 is 0. The molecule has 18 heavy (non-hydrogen) atoms. The Balaban J connectivity index is 0.000000771. The third-order valence-corrected chi connectivity index (χ3v) is 2.77. The highest BCUT2D eigenvalue weighted by Gasteiger charge is 2.17. The number of aryl methyl sites for hydroxylation is 1. The molecule has 0 spiro atoms. The van der Waals surface area contributed by atoms with Crippen LogP contribution in [0.5, 0.6) is 0 Å². The van der Waals surface area contributed by atoms with Crippen LogP contribution in [0.2, 0.25) is 0 Å². The zero-order valence-electron chi connectivity index (χ0n) is 11.9. The van der Waals surface area contributed by atoms with Crippen molar-refractivity contribution in [2.45, 2.75) is 40.3 Å². The zero-order valence-corrected chi connectivity index (χ0v) is 11.9. The Morgan fingerprint density at radius 3 is 2.83 bits per heavy atom. The molecule has 1 N–H and O–H groups in total. The zero-order chi connectivity index (χ0) is 13.5. The molecule has 1 aromatic rings. The topological polar surface area (TPSA) is 50.2 Å². The minimum atomic E-state index is -0.0780. The molecule has 1 amide bonds. The predicted molar refractivity (Wildman–Crippen MR) is 72.5 cm³/mol. The monoisotopic (exact) mass is 252 g/mol. The third-order valence-electron chi connectivity index (χ3n) is 2.77. The molecular weight excluding hydrogens is 228 g/mol. The molecule has 0 radical (unpaired) electrons. The van der Waals surface area contributed by atoms with Crippen molar-refractivity contribution in [1.82, 2.24) is 20.0 Å². The van der Waals surface area contributed by atoms with Gasteiger partial charge in [-0.3, -0.25) is 9.48 Å². The second-order valence-electron chi connectivity index (χ2n) is 4.19. The van der Waals surface area contributed by atoms with Gasteiger partial charge >= 0.3 is 0 Å². The van der Waals surface area contributed by atoms with E-state index in [9.17, 15) is 4.79 Å². The van der Waals surface area contributed by atoms with Gasteiger partial charge in [-0.05, 0) is 26.5 Å². The van der Waals surface area contributed by atoms with Crippen LogP contribution < -0.4 is 5.32 Å². The lowest BCUT2D eigenvalue weighted by Gasteiger charge is -2.10. The van der Waals surface area contributed by atoms with Gasteiger partial charge in [0.05, 0.1) is 5.69 Å². The first-order chi connectivity index (χ1) is 8.70. The smallest absolute Gasteiger partial charge is 0.271 e. The Bertz CT molecular complexity index is 386. The number of carbonyl (C=O) groups excluding carboxylic acids is 1. The molecule has 0 saturated carbocycles. The average molecular weight is 252 g/mol. The van der Waals surface area contributed by atoms with Crippen LogP contribution in [0.15, 0.2) is 6.07 Å². The molecule has 5 heteroatoms. The van der Waals surface area contributed by atoms with Gasteiger partial charge in [0.15, 0.2) is 0 Å². The highest BCUT2D eigenvalue weighted by molar-refractivity contribution is 5.92. The van der Waals surface area contributed by atoms with Gasteiger partial charge < -0.3 is 10.2 Å². The quantitative estimate of drug-likeness (QED) is 0.867. The van der Waals surface area contributed by atoms with Crippen molar-refractivity contribution >= 4 is 5.91 Å². The number of carbonyl (C=O) groups is 1. The lowest BCUT2D eigenvalue weighted by Crippen LogP contribution is -2.23. The normalized spacial score (nSPS) is 15.1. The number of hydrogen-bond acceptors (Lipinski definition) is 3. The summed E-state index contributed by atoms with van der Waals surface area (Å²) in [5.74, 6) is -0.0780. The van der Waals surface area contributed by atoms with Crippen LogP contribution in [0.3, 0.4) is 0 Å². The van der Waals surface area contributed by atoms with Crippen LogP contribution in [0.25, 0.3) is 0 Å². The average Bonchev–Trinajstić information content (AvgIpc) is 2.67. The second-order valence-corrected chi connectivity index (χ2v) is 4.19. The maximum atomic E-state index is 11.6. The van der Waals surface area contributed by atoms with E-state index in [0.29, 0.717) is 12.2 Å². The van der Waals surface area contributed by atoms with Crippen molar-refractivity contribution in [3.63, 3.8) is 0 Å². The standard InChI is InChI=1S/C11H18N4O.C2H6/c1-3-12-11(16)10-7-9-8-14(2)5-4-6-15(9)13-10;1-2/h7H,3-6,8H2,1-2H3,(H,12,16);1-2H3. The van der Waals surface area contributed by atoms with Crippen molar-refractivity contribution in [2.24, 2.45) is 0 Å². The predicted octanol–water partition coefficient (Wildman–Crippen LogP) is 1.49. The van der Waals surface area contributed by atoms with Gasteiger partial charge in [-0.25, -0.2) is 0 Å². The van der Waals surface area contributed by atoms with Crippen molar-refractivity contribution in [3.8, 4) is 0 Å². The number of nitrogens with zero attached hydrogens (tertiary/aromatic N) is 3. The first-order valence-corrected chi connectivity index (χ1v) is 6.74. The van der Waals surface area contributed by atoms with E-state index in [4.69, 9.17) is 0 Å². The SMILES string of the molecule is CC.CCNC(=O)c1cc2n(n1)CCCN(C)C2. The van der Waals surface area contributed by atoms with Crippen molar-refractivity contribution in [3.05, 3.63) is 17.5 Å². The van der Waals surface area contributed by atoms with E-state index in [1.807, 2.05) is 31.5 Å². The molecular formula is C13H24N4O. The van der Waals surface area contributed by atoms with E-state index >= 15 is 0 Å². The fraction of sp³-hybridized carbons (Fsp3) is 0.692. The lowest BCUT2D eigenvalue weighted by atomic mass is 10.3. The van der Waals surface area contributed by atoms with E-state index in [-0.39, 0.29) is 5.91 Å². The molecule has 1 aromatic heterocycles. The Labute approximate surface area is 109 Å². The van der Waals surface area contributed by atoms with Crippen LogP contribution >= 0.6 is 0 Å². The molecule has 0 aromatic carbocycles. The van der Waals surface area contributed by atoms with Gasteiger partial charge in [0.2, 0.25) is 0 Å². The number of amides is 1. The Kier molecular flexibility index (Phi) is 5.85. The van der Waals surface area contributed by atoms with Crippen molar-refractivity contribution in [1.29, 1.82) is 0 Å². The molecule has 0 saturated heterocycles. The van der Waals surface area contributed by atoms with Gasteiger partial charge in [-0.2, -0.15) is 5.10 Å². The van der Waals surface area contributed by atoms with E-state index < -0.39 is 0 Å². The number of nitrogens with one attached hydrogen (secondary N) is 1. The Morgan fingerprint density at radius 1 is 1.44 bits per heavy atom. The van der Waals surface area contributed by atoms with E-state index in [1.165, 1.54) is 0 Å². The largest absolute Gasteiger partial charge is 0.351 e. The number of aromatic nitrogens is 2. The number of hydrogen-bond donors (Lipinski definition) is 1. The number of fused-ring (bicyclic) bond motifs is 1. The van der Waals surface area contributed by atoms with Gasteiger partial charge in [0, 0.05) is 26.2 Å². The van der Waals surface area contributed by atoms with Crippen molar-refractivity contribution < 1.29 is 4.79 Å². The van der Waals surface area contributed by atoms with Crippen molar-refractivity contribution in [2.75, 3.05) is 20.1 Å². The Hall–Kier alpha value is -1.36. The molecule has 5 nitrogen and oxygen atoms in total. The summed E-state index contributed by atoms with van der Waals surface area (Å²) in [6, 6.07) is 1.90. The van der Waals surface area contributed by atoms with E-state index in [2.05, 4.69) is 22.4 Å². The van der Waals surface area contributed by atoms with Gasteiger partial charge in [0.25, 0.3) is 5.91 Å². The summed E-state index contributed by atoms with van der Waals surface area (Å²) in [6.07, 6.45) is 1.08. The van der Waals surface area contributed by atoms with E-state index in [0.717, 1.165) is 31.7 Å². The summed E-state index contributed by atoms with van der Waals surface area (Å²) < 4.78 is 1.95. The molecule has 1 aliphatic heterocycles. The highest BCUT2D eigenvalue weighted by Crippen LogP contribution is 2.12. The number of rotatable bonds is 2. The molecule has 1 aliphatic rings. The van der Waals surface area contributed by atoms with Crippen LogP contribution in [0.1, 0.15) is 43.4 Å². The van der Waals surface area contributed by atoms with Crippen LogP contribution in [-0.4, -0.2) is 40.7 Å². The van der Waals surface area contributed by atoms with E-state index in [1.54, 1.807) is 0 Å². The van der Waals surface area contributed by atoms with Gasteiger partial charge in [0.1, 0.15) is 5.69 Å². The van der Waals surface area contributed by atoms with Gasteiger partial charge in [-0.1, -0.05) is 13.8 Å². The molecule has 0 aliphatic carbocycles. The van der Waals surface area contributed by atoms with Gasteiger partial charge in [-0.15, -0.1) is 0 Å². The molecule has 0 atom stereocenters. The molecule has 0 fully saturated rings. The summed E-state index contributed by atoms with van der Waals surface area (Å²) in [5.41, 5.74) is 1.66. The Morgan fingerprint density at radius 2 is 2.17 bits per heavy atom. The highest BCUT2D eigenvalue weighted by atomic mass is 16.1. The summed E-state index contributed by atoms with van der Waals surface area (Å²) in [4.78, 5) is 13.9. The molecule has 0 bridgehead atoms. The first-order valence-electron chi connectivity index (χ1n) is 6.74. The maximum Gasteiger partial charge on any atom is 0.271 e. The summed E-state index contributed by atoms with van der Waals surface area (Å²) in [5, 5.41) is 7.11. The fourth-order valence-corrected chi connectivity index (χ4v) is 1.98. The first kappa shape index (κ1) is 14.7. The molecule has 0 unspecified atom stereocenters. The fourth-order valence-electron chi connectivity index (χ4n) is 1.98. The summed E-state index contributed by atoms with van der Waals surface area (Å²) in [7, 11) is 2.09. The minimum absolute atomic E-state index is 0.0780. The minimum Gasteiger partial charge on any atom is -0.351 e. The maximum absolute atomic E-state index is 11.6. The third kappa shape index (κ3) is 3.57. The molecule has 102 valence electrons. The summed E-state index contributed by atoms with van der Waals surface area (Å²) in [6.45, 7) is 9.40. The van der Waals surface area contributed by atoms with Crippen LogP contribution in [0, 0.1) is 0 Å².